The van der Waals surface area contributed by atoms with Crippen LogP contribution in [0.4, 0.5) is 0 Å². The van der Waals surface area contributed by atoms with Crippen molar-refractivity contribution >= 4 is 5.91 Å². The summed E-state index contributed by atoms with van der Waals surface area (Å²) in [6.07, 6.45) is 0.834. The second-order valence-electron chi connectivity index (χ2n) is 4.70. The van der Waals surface area contributed by atoms with Gasteiger partial charge in [-0.15, -0.1) is 0 Å². The number of nitrogens with zero attached hydrogens (tertiary/aromatic N) is 2. The van der Waals surface area contributed by atoms with E-state index >= 15 is 0 Å². The van der Waals surface area contributed by atoms with Gasteiger partial charge in [-0.3, -0.25) is 4.79 Å². The van der Waals surface area contributed by atoms with Crippen LogP contribution in [0.25, 0.3) is 0 Å². The Morgan fingerprint density at radius 3 is 2.94 bits per heavy atom. The van der Waals surface area contributed by atoms with Gasteiger partial charge in [0.25, 0.3) is 0 Å². The summed E-state index contributed by atoms with van der Waals surface area (Å²) in [6, 6.07) is 10.2. The molecule has 0 aliphatic heterocycles. The van der Waals surface area contributed by atoms with E-state index in [-0.39, 0.29) is 17.7 Å². The Labute approximate surface area is 102 Å². The number of nitriles is 1. The summed E-state index contributed by atoms with van der Waals surface area (Å²) in [5.41, 5.74) is 2.42. The zero-order valence-corrected chi connectivity index (χ0v) is 10.2. The number of benzene rings is 1. The summed E-state index contributed by atoms with van der Waals surface area (Å²) in [6.45, 7) is 2.34. The van der Waals surface area contributed by atoms with E-state index in [9.17, 15) is 4.79 Å². The van der Waals surface area contributed by atoms with Crippen LogP contribution in [0.5, 0.6) is 0 Å². The predicted octanol–water partition coefficient (Wildman–Crippen LogP) is 1.94. The molecule has 1 aromatic rings. The summed E-state index contributed by atoms with van der Waals surface area (Å²) in [7, 11) is 1.77. The third kappa shape index (κ3) is 2.16. The number of hydrogen-bond donors (Lipinski definition) is 0. The van der Waals surface area contributed by atoms with Gasteiger partial charge in [0.1, 0.15) is 0 Å². The zero-order valence-electron chi connectivity index (χ0n) is 10.2. The first-order valence-electron chi connectivity index (χ1n) is 5.86. The minimum atomic E-state index is -0.112. The monoisotopic (exact) mass is 228 g/mol. The molecule has 88 valence electrons. The molecule has 3 heteroatoms. The molecule has 1 aromatic carbocycles. The molecule has 1 aliphatic rings. The lowest BCUT2D eigenvalue weighted by Crippen LogP contribution is -2.38. The molecule has 2 unspecified atom stereocenters. The zero-order chi connectivity index (χ0) is 12.4. The maximum absolute atomic E-state index is 12.2. The van der Waals surface area contributed by atoms with Gasteiger partial charge in [0.05, 0.1) is 17.9 Å². The summed E-state index contributed by atoms with van der Waals surface area (Å²) in [4.78, 5) is 13.8. The Bertz CT molecular complexity index is 475. The Balaban J connectivity index is 2.02. The third-order valence-corrected chi connectivity index (χ3v) is 3.30. The fourth-order valence-electron chi connectivity index (χ4n) is 2.29. The maximum atomic E-state index is 12.2. The molecule has 2 rings (SSSR count). The second-order valence-corrected chi connectivity index (χ2v) is 4.70. The minimum absolute atomic E-state index is 0.00194. The van der Waals surface area contributed by atoms with Gasteiger partial charge in [-0.25, -0.2) is 0 Å². The van der Waals surface area contributed by atoms with Crippen LogP contribution in [0.1, 0.15) is 24.0 Å². The van der Waals surface area contributed by atoms with Crippen molar-refractivity contribution in [1.29, 1.82) is 5.26 Å². The molecule has 17 heavy (non-hydrogen) atoms. The summed E-state index contributed by atoms with van der Waals surface area (Å²) < 4.78 is 0. The molecule has 0 aromatic heterocycles. The molecule has 3 nitrogen and oxygen atoms in total. The van der Waals surface area contributed by atoms with Crippen molar-refractivity contribution < 1.29 is 4.79 Å². The molecule has 0 N–H and O–H groups in total. The number of amides is 1. The van der Waals surface area contributed by atoms with Gasteiger partial charge in [0, 0.05) is 13.6 Å². The Hall–Kier alpha value is -1.82. The first-order valence-corrected chi connectivity index (χ1v) is 5.86. The lowest BCUT2D eigenvalue weighted by Gasteiger charge is -2.32. The largest absolute Gasteiger partial charge is 0.344 e. The highest BCUT2D eigenvalue weighted by atomic mass is 16.2. The van der Waals surface area contributed by atoms with Crippen LogP contribution in [0.15, 0.2) is 24.3 Å². The lowest BCUT2D eigenvalue weighted by molar-refractivity contribution is -0.132. The molecule has 2 atom stereocenters. The first kappa shape index (κ1) is 11.7. The van der Waals surface area contributed by atoms with Gasteiger partial charge < -0.3 is 4.90 Å². The fourth-order valence-corrected chi connectivity index (χ4v) is 2.29. The molecule has 0 bridgehead atoms. The molecule has 0 saturated carbocycles. The fraction of sp³-hybridized carbons (Fsp3) is 0.429. The van der Waals surface area contributed by atoms with Gasteiger partial charge in [-0.05, 0) is 24.5 Å². The molecular weight excluding hydrogens is 212 g/mol. The standard InChI is InChI=1S/C14H16N2O/c1-10(8-15)9-16(2)14(17)13-7-11-5-3-4-6-12(11)13/h3-6,10,13H,7,9H2,1-2H3. The van der Waals surface area contributed by atoms with Crippen LogP contribution in [0.2, 0.25) is 0 Å². The van der Waals surface area contributed by atoms with E-state index in [4.69, 9.17) is 5.26 Å². The number of carbonyl (C=O) groups excluding carboxylic acids is 1. The summed E-state index contributed by atoms with van der Waals surface area (Å²) in [5.74, 6) is 0.0205. The highest BCUT2D eigenvalue weighted by molar-refractivity contribution is 5.86. The summed E-state index contributed by atoms with van der Waals surface area (Å²) in [5, 5.41) is 8.75. The number of fused-ring (bicyclic) bond motifs is 1. The minimum Gasteiger partial charge on any atom is -0.344 e. The molecule has 0 saturated heterocycles. The molecule has 0 radical (unpaired) electrons. The third-order valence-electron chi connectivity index (χ3n) is 3.30. The normalized spacial score (nSPS) is 18.5. The van der Waals surface area contributed by atoms with Crippen molar-refractivity contribution in [1.82, 2.24) is 4.90 Å². The maximum Gasteiger partial charge on any atom is 0.230 e. The van der Waals surface area contributed by atoms with Gasteiger partial charge in [-0.1, -0.05) is 24.3 Å². The lowest BCUT2D eigenvalue weighted by atomic mass is 9.77. The van der Waals surface area contributed by atoms with E-state index in [1.807, 2.05) is 25.1 Å². The molecule has 1 amide bonds. The molecule has 0 heterocycles. The topological polar surface area (TPSA) is 44.1 Å². The van der Waals surface area contributed by atoms with Crippen molar-refractivity contribution in [2.75, 3.05) is 13.6 Å². The number of carbonyl (C=O) groups is 1. The number of hydrogen-bond acceptors (Lipinski definition) is 2. The summed E-state index contributed by atoms with van der Waals surface area (Å²) >= 11 is 0. The van der Waals surface area contributed by atoms with E-state index < -0.39 is 0 Å². The van der Waals surface area contributed by atoms with Crippen LogP contribution in [-0.2, 0) is 11.2 Å². The van der Waals surface area contributed by atoms with E-state index in [0.717, 1.165) is 12.0 Å². The van der Waals surface area contributed by atoms with Crippen molar-refractivity contribution in [3.05, 3.63) is 35.4 Å². The van der Waals surface area contributed by atoms with Crippen molar-refractivity contribution in [2.45, 2.75) is 19.3 Å². The van der Waals surface area contributed by atoms with Crippen LogP contribution in [-0.4, -0.2) is 24.4 Å². The highest BCUT2D eigenvalue weighted by Crippen LogP contribution is 2.35. The SMILES string of the molecule is CC(C#N)CN(C)C(=O)C1Cc2ccccc21. The van der Waals surface area contributed by atoms with E-state index in [1.54, 1.807) is 11.9 Å². The highest BCUT2D eigenvalue weighted by Gasteiger charge is 2.33. The Kier molecular flexibility index (Phi) is 3.14. The molecular formula is C14H16N2O. The van der Waals surface area contributed by atoms with E-state index in [2.05, 4.69) is 12.1 Å². The second kappa shape index (κ2) is 4.58. The van der Waals surface area contributed by atoms with Crippen molar-refractivity contribution in [2.24, 2.45) is 5.92 Å². The van der Waals surface area contributed by atoms with Gasteiger partial charge in [0.2, 0.25) is 5.91 Å². The van der Waals surface area contributed by atoms with Crippen molar-refractivity contribution in [3.63, 3.8) is 0 Å². The van der Waals surface area contributed by atoms with Crippen molar-refractivity contribution in [3.8, 4) is 6.07 Å². The number of rotatable bonds is 3. The van der Waals surface area contributed by atoms with Crippen LogP contribution < -0.4 is 0 Å². The average molecular weight is 228 g/mol. The van der Waals surface area contributed by atoms with Crippen LogP contribution in [0, 0.1) is 17.2 Å². The smallest absolute Gasteiger partial charge is 0.230 e. The predicted molar refractivity (Wildman–Crippen MR) is 65.3 cm³/mol. The molecule has 0 spiro atoms. The van der Waals surface area contributed by atoms with E-state index in [0.29, 0.717) is 6.54 Å². The quantitative estimate of drug-likeness (QED) is 0.793. The molecule has 1 aliphatic carbocycles. The van der Waals surface area contributed by atoms with Gasteiger partial charge in [0.15, 0.2) is 0 Å². The van der Waals surface area contributed by atoms with Crippen LogP contribution >= 0.6 is 0 Å². The Morgan fingerprint density at radius 1 is 1.59 bits per heavy atom. The van der Waals surface area contributed by atoms with Crippen LogP contribution in [0.3, 0.4) is 0 Å². The van der Waals surface area contributed by atoms with Gasteiger partial charge in [-0.2, -0.15) is 5.26 Å². The first-order chi connectivity index (χ1) is 8.13. The molecule has 0 fully saturated rings. The van der Waals surface area contributed by atoms with Gasteiger partial charge >= 0.3 is 0 Å². The average Bonchev–Trinajstić information content (AvgIpc) is 2.30. The van der Waals surface area contributed by atoms with E-state index in [1.165, 1.54) is 5.56 Å². The number of likely N-dealkylation sites (N-methyl/N-ethyl adjacent to an activating group) is 1. The Morgan fingerprint density at radius 2 is 2.29 bits per heavy atom.